The predicted octanol–water partition coefficient (Wildman–Crippen LogP) is 5.51. The number of carbonyl (C=O) groups excluding carboxylic acids is 1. The maximum atomic E-state index is 14.0. The van der Waals surface area contributed by atoms with Crippen LogP contribution in [0, 0.1) is 25.5 Å². The lowest BCUT2D eigenvalue weighted by molar-refractivity contribution is 0.103. The van der Waals surface area contributed by atoms with Gasteiger partial charge in [0.1, 0.15) is 11.6 Å². The molecule has 5 rings (SSSR count). The molecule has 0 spiro atoms. The monoisotopic (exact) mass is 549 g/mol. The average Bonchev–Trinajstić information content (AvgIpc) is 3.44. The van der Waals surface area contributed by atoms with Crippen LogP contribution in [-0.2, 0) is 22.0 Å². The van der Waals surface area contributed by atoms with Gasteiger partial charge in [-0.1, -0.05) is 18.2 Å². The number of ether oxygens (including phenoxy) is 1. The number of sulfone groups is 1. The van der Waals surface area contributed by atoms with Crippen LogP contribution in [0.5, 0.6) is 11.5 Å². The zero-order chi connectivity index (χ0) is 28.1. The Bertz CT molecular complexity index is 1790. The molecular weight excluding hydrogens is 524 g/mol. The van der Waals surface area contributed by atoms with Crippen LogP contribution in [-0.4, -0.2) is 30.2 Å². The van der Waals surface area contributed by atoms with Crippen molar-refractivity contribution in [1.29, 1.82) is 0 Å². The summed E-state index contributed by atoms with van der Waals surface area (Å²) >= 11 is 0. The van der Waals surface area contributed by atoms with Crippen LogP contribution >= 0.6 is 0 Å². The minimum Gasteiger partial charge on any atom is -0.454 e. The maximum Gasteiger partial charge on any atom is 0.201 e. The van der Waals surface area contributed by atoms with E-state index in [1.54, 1.807) is 31.2 Å². The van der Waals surface area contributed by atoms with Gasteiger partial charge in [-0.2, -0.15) is 9.49 Å². The molecule has 0 saturated carbocycles. The number of ketones is 1. The smallest absolute Gasteiger partial charge is 0.201 e. The fourth-order valence-corrected chi connectivity index (χ4v) is 5.53. The summed E-state index contributed by atoms with van der Waals surface area (Å²) in [6, 6.07) is 12.3. The third-order valence-electron chi connectivity index (χ3n) is 6.61. The fourth-order valence-electron chi connectivity index (χ4n) is 4.66. The molecule has 0 bridgehead atoms. The molecule has 0 amide bonds. The van der Waals surface area contributed by atoms with Crippen LogP contribution in [0.3, 0.4) is 0 Å². The number of aryl methyl sites for hydroxylation is 2. The third-order valence-corrected chi connectivity index (χ3v) is 7.44. The van der Waals surface area contributed by atoms with Crippen molar-refractivity contribution in [3.05, 3.63) is 105 Å². The Hall–Kier alpha value is -4.31. The largest absolute Gasteiger partial charge is 0.454 e. The third kappa shape index (κ3) is 5.20. The molecule has 0 saturated heterocycles. The molecule has 10 heteroatoms. The van der Waals surface area contributed by atoms with Crippen molar-refractivity contribution >= 4 is 27.5 Å². The number of Topliss-reactive ketones (excluding diaryl/α,β-unsaturated/α-hetero) is 1. The second kappa shape index (κ2) is 9.77. The summed E-state index contributed by atoms with van der Waals surface area (Å²) in [5, 5.41) is 4.32. The molecule has 0 atom stereocenters. The van der Waals surface area contributed by atoms with Crippen molar-refractivity contribution in [2.75, 3.05) is 12.0 Å². The number of anilines is 1. The van der Waals surface area contributed by atoms with Gasteiger partial charge in [0.2, 0.25) is 5.82 Å². The highest BCUT2D eigenvalue weighted by molar-refractivity contribution is 7.89. The van der Waals surface area contributed by atoms with Crippen molar-refractivity contribution in [1.82, 2.24) is 9.78 Å². The van der Waals surface area contributed by atoms with E-state index in [0.29, 0.717) is 34.6 Å². The molecule has 0 aliphatic heterocycles. The summed E-state index contributed by atoms with van der Waals surface area (Å²) in [5.74, 6) is -2.21. The molecule has 4 aromatic rings. The van der Waals surface area contributed by atoms with Crippen molar-refractivity contribution in [3.63, 3.8) is 0 Å². The molecule has 1 aromatic heterocycles. The highest BCUT2D eigenvalue weighted by Crippen LogP contribution is 2.33. The standard InChI is InChI=1S/C29H25F2N3O4S/c1-16-9-18-11-20(12-19(18)13-21(16)15-39(3,36)37)28(35)23-14-33-34(29(23)32)25-8-7-22(10-17(25)2)38-26-6-4-5-24(30)27(26)31/h4-11,13-14H,12,15,32H2,1-3H3. The topological polar surface area (TPSA) is 104 Å². The second-order valence-electron chi connectivity index (χ2n) is 9.68. The molecule has 7 nitrogen and oxygen atoms in total. The number of hydrogen-bond acceptors (Lipinski definition) is 6. The molecule has 0 radical (unpaired) electrons. The van der Waals surface area contributed by atoms with Gasteiger partial charge in [0.25, 0.3) is 0 Å². The van der Waals surface area contributed by atoms with Gasteiger partial charge in [0.05, 0.1) is 23.2 Å². The minimum absolute atomic E-state index is 0.0601. The van der Waals surface area contributed by atoms with E-state index in [9.17, 15) is 22.0 Å². The van der Waals surface area contributed by atoms with E-state index in [4.69, 9.17) is 10.5 Å². The van der Waals surface area contributed by atoms with Crippen LogP contribution in [0.25, 0.3) is 11.8 Å². The van der Waals surface area contributed by atoms with Crippen molar-refractivity contribution in [2.45, 2.75) is 26.0 Å². The number of carbonyl (C=O) groups is 1. The Morgan fingerprint density at radius 1 is 1.10 bits per heavy atom. The average molecular weight is 550 g/mol. The number of halogens is 2. The van der Waals surface area contributed by atoms with E-state index >= 15 is 0 Å². The van der Waals surface area contributed by atoms with E-state index in [-0.39, 0.29) is 28.7 Å². The second-order valence-corrected chi connectivity index (χ2v) is 11.8. The molecule has 39 heavy (non-hydrogen) atoms. The van der Waals surface area contributed by atoms with Gasteiger partial charge in [0, 0.05) is 18.2 Å². The zero-order valence-electron chi connectivity index (χ0n) is 21.5. The van der Waals surface area contributed by atoms with E-state index in [2.05, 4.69) is 5.10 Å². The van der Waals surface area contributed by atoms with E-state index in [1.165, 1.54) is 29.3 Å². The van der Waals surface area contributed by atoms with E-state index in [1.807, 2.05) is 19.1 Å². The summed E-state index contributed by atoms with van der Waals surface area (Å²) in [5.41, 5.74) is 11.7. The summed E-state index contributed by atoms with van der Waals surface area (Å²) in [6.07, 6.45) is 4.76. The summed E-state index contributed by atoms with van der Waals surface area (Å²) in [6.45, 7) is 3.63. The van der Waals surface area contributed by atoms with Gasteiger partial charge in [-0.3, -0.25) is 4.79 Å². The van der Waals surface area contributed by atoms with Gasteiger partial charge in [-0.05, 0) is 78.1 Å². The Morgan fingerprint density at radius 2 is 1.87 bits per heavy atom. The Balaban J connectivity index is 1.38. The molecule has 200 valence electrons. The molecule has 1 aliphatic rings. The van der Waals surface area contributed by atoms with Gasteiger partial charge >= 0.3 is 0 Å². The van der Waals surface area contributed by atoms with Gasteiger partial charge in [-0.25, -0.2) is 17.5 Å². The quantitative estimate of drug-likeness (QED) is 0.305. The van der Waals surface area contributed by atoms with Crippen molar-refractivity contribution in [2.24, 2.45) is 0 Å². The van der Waals surface area contributed by atoms with Gasteiger partial charge in [0.15, 0.2) is 27.2 Å². The number of hydrogen-bond donors (Lipinski definition) is 1. The number of fused-ring (bicyclic) bond motifs is 1. The van der Waals surface area contributed by atoms with E-state index < -0.39 is 21.5 Å². The van der Waals surface area contributed by atoms with Crippen LogP contribution in [0.15, 0.2) is 60.3 Å². The molecule has 2 N–H and O–H groups in total. The van der Waals surface area contributed by atoms with Gasteiger partial charge < -0.3 is 10.5 Å². The van der Waals surface area contributed by atoms with Crippen molar-refractivity contribution < 1.29 is 26.7 Å². The zero-order valence-corrected chi connectivity index (χ0v) is 22.3. The Kier molecular flexibility index (Phi) is 6.59. The summed E-state index contributed by atoms with van der Waals surface area (Å²) in [7, 11) is -3.20. The molecule has 0 unspecified atom stereocenters. The fraction of sp³-hybridized carbons (Fsp3) is 0.172. The number of aromatic nitrogens is 2. The Labute approximate surface area is 224 Å². The first-order valence-corrected chi connectivity index (χ1v) is 14.1. The number of benzene rings is 3. The molecule has 3 aromatic carbocycles. The summed E-state index contributed by atoms with van der Waals surface area (Å²) < 4.78 is 58.0. The molecule has 0 fully saturated rings. The van der Waals surface area contributed by atoms with Crippen LogP contribution in [0.4, 0.5) is 14.6 Å². The van der Waals surface area contributed by atoms with Gasteiger partial charge in [-0.15, -0.1) is 0 Å². The molecular formula is C29H25F2N3O4S. The first kappa shape index (κ1) is 26.3. The number of allylic oxidation sites excluding steroid dienone is 1. The number of nitrogen functional groups attached to an aromatic ring is 1. The maximum absolute atomic E-state index is 14.0. The number of nitrogens with two attached hydrogens (primary N) is 1. The Morgan fingerprint density at radius 3 is 2.59 bits per heavy atom. The number of nitrogens with zero attached hydrogens (tertiary/aromatic N) is 2. The van der Waals surface area contributed by atoms with E-state index in [0.717, 1.165) is 22.8 Å². The minimum atomic E-state index is -3.20. The normalized spacial score (nSPS) is 12.8. The molecule has 1 aliphatic carbocycles. The first-order valence-electron chi connectivity index (χ1n) is 12.0. The lowest BCUT2D eigenvalue weighted by Gasteiger charge is -2.12. The highest BCUT2D eigenvalue weighted by atomic mass is 32.2. The van der Waals surface area contributed by atoms with Crippen LogP contribution in [0.1, 0.15) is 38.2 Å². The lowest BCUT2D eigenvalue weighted by Crippen LogP contribution is -2.09. The van der Waals surface area contributed by atoms with Crippen LogP contribution in [0.2, 0.25) is 0 Å². The number of rotatable bonds is 7. The predicted molar refractivity (Wildman–Crippen MR) is 145 cm³/mol. The highest BCUT2D eigenvalue weighted by Gasteiger charge is 2.25. The van der Waals surface area contributed by atoms with Crippen molar-refractivity contribution in [3.8, 4) is 17.2 Å². The van der Waals surface area contributed by atoms with Crippen LogP contribution < -0.4 is 10.5 Å². The molecule has 1 heterocycles. The first-order chi connectivity index (χ1) is 18.4. The SMILES string of the molecule is Cc1cc2c(cc1CS(C)(=O)=O)CC(C(=O)c1cnn(-c3ccc(Oc4cccc(F)c4F)cc3C)c1N)=C2. The lowest BCUT2D eigenvalue weighted by atomic mass is 10.0. The summed E-state index contributed by atoms with van der Waals surface area (Å²) in [4.78, 5) is 13.4.